The van der Waals surface area contributed by atoms with E-state index in [0.717, 1.165) is 0 Å². The van der Waals surface area contributed by atoms with Crippen LogP contribution in [0.25, 0.3) is 0 Å². The summed E-state index contributed by atoms with van der Waals surface area (Å²) >= 11 is 4.74. The second-order valence-corrected chi connectivity index (χ2v) is 5.30. The van der Waals surface area contributed by atoms with Crippen LogP contribution in [-0.2, 0) is 0 Å². The maximum absolute atomic E-state index is 12.2. The lowest BCUT2D eigenvalue weighted by Gasteiger charge is -2.15. The first-order valence-electron chi connectivity index (χ1n) is 5.97. The van der Waals surface area contributed by atoms with E-state index in [1.165, 1.54) is 4.90 Å². The van der Waals surface area contributed by atoms with Gasteiger partial charge in [0.1, 0.15) is 0 Å². The lowest BCUT2D eigenvalue weighted by Crippen LogP contribution is -2.33. The zero-order chi connectivity index (χ0) is 14.2. The predicted molar refractivity (Wildman–Crippen MR) is 77.1 cm³/mol. The average Bonchev–Trinajstić information content (AvgIpc) is 2.53. The molecule has 6 heteroatoms. The van der Waals surface area contributed by atoms with Crippen LogP contribution in [0.15, 0.2) is 18.2 Å². The van der Waals surface area contributed by atoms with Crippen molar-refractivity contribution in [3.63, 3.8) is 0 Å². The lowest BCUT2D eigenvalue weighted by molar-refractivity contribution is 0.0636. The molecular formula is C13H15N3O2S. The molecule has 1 aliphatic heterocycles. The Balaban J connectivity index is 2.34. The van der Waals surface area contributed by atoms with E-state index < -0.39 is 0 Å². The van der Waals surface area contributed by atoms with Gasteiger partial charge in [0, 0.05) is 12.2 Å². The number of benzene rings is 1. The summed E-state index contributed by atoms with van der Waals surface area (Å²) < 4.78 is 0. The molecule has 1 aromatic rings. The Morgan fingerprint density at radius 1 is 1.32 bits per heavy atom. The first-order valence-corrected chi connectivity index (χ1v) is 6.37. The van der Waals surface area contributed by atoms with Gasteiger partial charge in [-0.3, -0.25) is 14.5 Å². The zero-order valence-electron chi connectivity index (χ0n) is 10.8. The van der Waals surface area contributed by atoms with Gasteiger partial charge in [-0.05, 0) is 36.3 Å². The molecule has 1 aliphatic rings. The van der Waals surface area contributed by atoms with E-state index in [1.54, 1.807) is 18.2 Å². The fraction of sp³-hybridized carbons (Fsp3) is 0.308. The second-order valence-electron chi connectivity index (χ2n) is 4.86. The summed E-state index contributed by atoms with van der Waals surface area (Å²) in [5.74, 6) is -0.271. The van der Waals surface area contributed by atoms with Gasteiger partial charge in [-0.1, -0.05) is 13.8 Å². The van der Waals surface area contributed by atoms with Crippen LogP contribution in [0.3, 0.4) is 0 Å². The number of anilines is 1. The summed E-state index contributed by atoms with van der Waals surface area (Å²) in [6, 6.07) is 4.91. The molecule has 0 atom stereocenters. The van der Waals surface area contributed by atoms with Gasteiger partial charge in [-0.15, -0.1) is 0 Å². The minimum Gasteiger partial charge on any atom is -0.376 e. The molecule has 0 unspecified atom stereocenters. The highest BCUT2D eigenvalue weighted by molar-refractivity contribution is 7.80. The van der Waals surface area contributed by atoms with Crippen molar-refractivity contribution in [3.8, 4) is 0 Å². The van der Waals surface area contributed by atoms with E-state index in [9.17, 15) is 9.59 Å². The molecule has 5 nitrogen and oxygen atoms in total. The Morgan fingerprint density at radius 2 is 1.95 bits per heavy atom. The maximum Gasteiger partial charge on any atom is 0.261 e. The third kappa shape index (κ3) is 2.58. The minimum absolute atomic E-state index is 0.121. The molecule has 0 spiro atoms. The van der Waals surface area contributed by atoms with Crippen LogP contribution >= 0.6 is 12.2 Å². The summed E-state index contributed by atoms with van der Waals surface area (Å²) in [6.07, 6.45) is 0. The molecule has 0 fully saturated rings. The van der Waals surface area contributed by atoms with E-state index in [0.29, 0.717) is 23.4 Å². The van der Waals surface area contributed by atoms with Gasteiger partial charge in [-0.25, -0.2) is 0 Å². The molecule has 1 heterocycles. The van der Waals surface area contributed by atoms with Crippen molar-refractivity contribution in [1.29, 1.82) is 0 Å². The molecule has 3 N–H and O–H groups in total. The smallest absolute Gasteiger partial charge is 0.261 e. The van der Waals surface area contributed by atoms with Gasteiger partial charge in [0.15, 0.2) is 5.11 Å². The van der Waals surface area contributed by atoms with Gasteiger partial charge in [0.2, 0.25) is 0 Å². The number of nitrogens with two attached hydrogens (primary N) is 1. The standard InChI is InChI=1S/C13H15N3O2S/c1-7(2)6-16-11(17)9-4-3-8(15-13(14)19)5-10(9)12(16)18/h3-5,7H,6H2,1-2H3,(H3,14,15,19). The van der Waals surface area contributed by atoms with Crippen LogP contribution in [0.1, 0.15) is 34.6 Å². The van der Waals surface area contributed by atoms with Crippen molar-refractivity contribution in [2.24, 2.45) is 11.7 Å². The number of hydrogen-bond donors (Lipinski definition) is 2. The van der Waals surface area contributed by atoms with E-state index in [2.05, 4.69) is 5.32 Å². The van der Waals surface area contributed by atoms with Crippen LogP contribution in [0.5, 0.6) is 0 Å². The second kappa shape index (κ2) is 4.97. The third-order valence-electron chi connectivity index (χ3n) is 2.79. The average molecular weight is 277 g/mol. The molecule has 0 radical (unpaired) electrons. The third-order valence-corrected chi connectivity index (χ3v) is 2.89. The molecule has 0 saturated carbocycles. The first-order chi connectivity index (χ1) is 8.90. The lowest BCUT2D eigenvalue weighted by atomic mass is 10.1. The van der Waals surface area contributed by atoms with Crippen LogP contribution in [0, 0.1) is 5.92 Å². The molecule has 19 heavy (non-hydrogen) atoms. The molecule has 1 aromatic carbocycles. The molecule has 0 saturated heterocycles. The highest BCUT2D eigenvalue weighted by Gasteiger charge is 2.35. The van der Waals surface area contributed by atoms with Crippen molar-refractivity contribution in [1.82, 2.24) is 4.90 Å². The maximum atomic E-state index is 12.2. The van der Waals surface area contributed by atoms with Crippen molar-refractivity contribution in [3.05, 3.63) is 29.3 Å². The summed E-state index contributed by atoms with van der Waals surface area (Å²) in [5, 5.41) is 2.87. The summed E-state index contributed by atoms with van der Waals surface area (Å²) in [5.41, 5.74) is 6.82. The summed E-state index contributed by atoms with van der Waals surface area (Å²) in [7, 11) is 0. The number of imide groups is 1. The number of hydrogen-bond acceptors (Lipinski definition) is 3. The van der Waals surface area contributed by atoms with E-state index in [1.807, 2.05) is 13.8 Å². The van der Waals surface area contributed by atoms with E-state index in [4.69, 9.17) is 18.0 Å². The Labute approximate surface area is 116 Å². The number of fused-ring (bicyclic) bond motifs is 1. The first kappa shape index (κ1) is 13.5. The van der Waals surface area contributed by atoms with E-state index >= 15 is 0 Å². The van der Waals surface area contributed by atoms with Gasteiger partial charge in [0.25, 0.3) is 11.8 Å². The van der Waals surface area contributed by atoms with Gasteiger partial charge >= 0.3 is 0 Å². The number of carbonyl (C=O) groups is 2. The van der Waals surface area contributed by atoms with E-state index in [-0.39, 0.29) is 22.8 Å². The largest absolute Gasteiger partial charge is 0.376 e. The highest BCUT2D eigenvalue weighted by atomic mass is 32.1. The molecule has 0 bridgehead atoms. The molecule has 2 rings (SSSR count). The van der Waals surface area contributed by atoms with Crippen molar-refractivity contribution in [2.75, 3.05) is 11.9 Å². The van der Waals surface area contributed by atoms with Gasteiger partial charge in [0.05, 0.1) is 11.1 Å². The fourth-order valence-electron chi connectivity index (χ4n) is 2.04. The fourth-order valence-corrected chi connectivity index (χ4v) is 2.16. The number of carbonyl (C=O) groups excluding carboxylic acids is 2. The number of rotatable bonds is 3. The normalized spacial score (nSPS) is 13.9. The number of thiocarbonyl (C=S) groups is 1. The Morgan fingerprint density at radius 3 is 2.53 bits per heavy atom. The quantitative estimate of drug-likeness (QED) is 0.648. The van der Waals surface area contributed by atoms with Crippen molar-refractivity contribution < 1.29 is 9.59 Å². The number of amides is 2. The van der Waals surface area contributed by atoms with Gasteiger partial charge in [-0.2, -0.15) is 0 Å². The summed E-state index contributed by atoms with van der Waals surface area (Å²) in [4.78, 5) is 25.6. The Bertz CT molecular complexity index is 569. The highest BCUT2D eigenvalue weighted by Crippen LogP contribution is 2.26. The summed E-state index contributed by atoms with van der Waals surface area (Å²) in [6.45, 7) is 4.34. The number of nitrogens with zero attached hydrogens (tertiary/aromatic N) is 1. The molecular weight excluding hydrogens is 262 g/mol. The molecule has 0 aliphatic carbocycles. The van der Waals surface area contributed by atoms with Crippen LogP contribution in [-0.4, -0.2) is 28.4 Å². The zero-order valence-corrected chi connectivity index (χ0v) is 11.6. The number of nitrogens with one attached hydrogen (secondary N) is 1. The van der Waals surface area contributed by atoms with Crippen molar-refractivity contribution in [2.45, 2.75) is 13.8 Å². The monoisotopic (exact) mass is 277 g/mol. The molecule has 2 amide bonds. The van der Waals surface area contributed by atoms with Crippen LogP contribution in [0.2, 0.25) is 0 Å². The van der Waals surface area contributed by atoms with Crippen molar-refractivity contribution >= 4 is 34.8 Å². The SMILES string of the molecule is CC(C)CN1C(=O)c2ccc(NC(N)=S)cc2C1=O. The topological polar surface area (TPSA) is 75.4 Å². The minimum atomic E-state index is -0.264. The predicted octanol–water partition coefficient (Wildman–Crippen LogP) is 1.59. The molecule has 100 valence electrons. The molecule has 0 aromatic heterocycles. The van der Waals surface area contributed by atoms with Crippen LogP contribution < -0.4 is 11.1 Å². The Hall–Kier alpha value is -1.95. The van der Waals surface area contributed by atoms with Crippen LogP contribution in [0.4, 0.5) is 5.69 Å². The Kier molecular flexibility index (Phi) is 3.53. The van der Waals surface area contributed by atoms with Gasteiger partial charge < -0.3 is 11.1 Å².